The molecule has 0 aliphatic carbocycles. The van der Waals surface area contributed by atoms with Gasteiger partial charge in [0.05, 0.1) is 0 Å². The van der Waals surface area contributed by atoms with E-state index in [0.717, 1.165) is 17.7 Å². The molecule has 6 heteroatoms. The van der Waals surface area contributed by atoms with Gasteiger partial charge in [0.2, 0.25) is 0 Å². The van der Waals surface area contributed by atoms with Gasteiger partial charge in [0.1, 0.15) is 17.8 Å². The molecular weight excluding hydrogens is 348 g/mol. The molecule has 0 saturated heterocycles. The number of rotatable bonds is 6. The number of aryl methyl sites for hydroxylation is 1. The highest BCUT2D eigenvalue weighted by Gasteiger charge is 2.09. The normalized spacial score (nSPS) is 10.4. The molecule has 0 aliphatic heterocycles. The van der Waals surface area contributed by atoms with Gasteiger partial charge in [0, 0.05) is 23.3 Å². The molecule has 0 unspecified atom stereocenters. The van der Waals surface area contributed by atoms with Crippen molar-refractivity contribution in [3.05, 3.63) is 82.8 Å². The number of aromatic nitrogens is 2. The number of carbonyl (C=O) groups is 1. The Hall–Kier alpha value is -2.92. The predicted molar refractivity (Wildman–Crippen MR) is 104 cm³/mol. The van der Waals surface area contributed by atoms with Crippen LogP contribution in [0, 0.1) is 0 Å². The van der Waals surface area contributed by atoms with Crippen LogP contribution in [0.15, 0.2) is 60.9 Å². The maximum Gasteiger partial charge on any atom is 0.270 e. The number of hydrogen-bond acceptors (Lipinski definition) is 4. The molecule has 3 aromatic rings. The summed E-state index contributed by atoms with van der Waals surface area (Å²) in [7, 11) is 0. The average Bonchev–Trinajstić information content (AvgIpc) is 2.68. The smallest absolute Gasteiger partial charge is 0.270 e. The van der Waals surface area contributed by atoms with Gasteiger partial charge in [-0.25, -0.2) is 9.97 Å². The number of halogens is 1. The van der Waals surface area contributed by atoms with Gasteiger partial charge >= 0.3 is 0 Å². The number of anilines is 2. The van der Waals surface area contributed by atoms with Gasteiger partial charge in [-0.2, -0.15) is 0 Å². The van der Waals surface area contributed by atoms with Gasteiger partial charge < -0.3 is 10.6 Å². The van der Waals surface area contributed by atoms with Crippen molar-refractivity contribution in [2.75, 3.05) is 5.32 Å². The Labute approximate surface area is 157 Å². The first kappa shape index (κ1) is 17.9. The predicted octanol–water partition coefficient (Wildman–Crippen LogP) is 4.37. The minimum atomic E-state index is -0.255. The van der Waals surface area contributed by atoms with Crippen LogP contribution < -0.4 is 10.6 Å². The Morgan fingerprint density at radius 3 is 2.62 bits per heavy atom. The van der Waals surface area contributed by atoms with Crippen molar-refractivity contribution in [3.8, 4) is 0 Å². The molecule has 2 aromatic carbocycles. The Morgan fingerprint density at radius 2 is 1.85 bits per heavy atom. The number of nitrogens with one attached hydrogen (secondary N) is 2. The van der Waals surface area contributed by atoms with Crippen molar-refractivity contribution < 1.29 is 4.79 Å². The maximum atomic E-state index is 12.4. The molecule has 0 atom stereocenters. The number of para-hydroxylation sites is 1. The van der Waals surface area contributed by atoms with E-state index in [1.54, 1.807) is 18.2 Å². The number of benzene rings is 2. The molecule has 3 rings (SSSR count). The van der Waals surface area contributed by atoms with Crippen LogP contribution in [-0.4, -0.2) is 15.9 Å². The van der Waals surface area contributed by atoms with Gasteiger partial charge in [0.25, 0.3) is 5.91 Å². The molecule has 5 nitrogen and oxygen atoms in total. The summed E-state index contributed by atoms with van der Waals surface area (Å²) >= 11 is 5.86. The molecule has 2 N–H and O–H groups in total. The molecule has 0 radical (unpaired) electrons. The zero-order valence-electron chi connectivity index (χ0n) is 14.4. The quantitative estimate of drug-likeness (QED) is 0.680. The van der Waals surface area contributed by atoms with E-state index in [0.29, 0.717) is 23.1 Å². The summed E-state index contributed by atoms with van der Waals surface area (Å²) in [6.07, 6.45) is 2.29. The molecular formula is C20H19ClN4O. The van der Waals surface area contributed by atoms with E-state index in [-0.39, 0.29) is 5.91 Å². The summed E-state index contributed by atoms with van der Waals surface area (Å²) < 4.78 is 0. The van der Waals surface area contributed by atoms with Gasteiger partial charge in [-0.15, -0.1) is 0 Å². The summed E-state index contributed by atoms with van der Waals surface area (Å²) in [5.41, 5.74) is 3.43. The summed E-state index contributed by atoms with van der Waals surface area (Å²) in [4.78, 5) is 20.6. The lowest BCUT2D eigenvalue weighted by Crippen LogP contribution is -2.24. The number of nitrogens with zero attached hydrogens (tertiary/aromatic N) is 2. The molecule has 0 saturated carbocycles. The molecule has 1 amide bonds. The second-order valence-electron chi connectivity index (χ2n) is 5.73. The van der Waals surface area contributed by atoms with E-state index in [9.17, 15) is 4.79 Å². The summed E-state index contributed by atoms with van der Waals surface area (Å²) in [5.74, 6) is 0.326. The van der Waals surface area contributed by atoms with E-state index in [4.69, 9.17) is 11.6 Å². The summed E-state index contributed by atoms with van der Waals surface area (Å²) in [5, 5.41) is 6.77. The van der Waals surface area contributed by atoms with Crippen LogP contribution in [0.25, 0.3) is 0 Å². The van der Waals surface area contributed by atoms with Crippen molar-refractivity contribution in [2.45, 2.75) is 19.9 Å². The van der Waals surface area contributed by atoms with Crippen LogP contribution in [0.5, 0.6) is 0 Å². The highest BCUT2D eigenvalue weighted by atomic mass is 35.5. The topological polar surface area (TPSA) is 66.9 Å². The Balaban J connectivity index is 1.68. The van der Waals surface area contributed by atoms with Crippen molar-refractivity contribution in [2.24, 2.45) is 0 Å². The fourth-order valence-electron chi connectivity index (χ4n) is 2.51. The van der Waals surface area contributed by atoms with Crippen LogP contribution in [-0.2, 0) is 13.0 Å². The molecule has 0 spiro atoms. The third-order valence-corrected chi connectivity index (χ3v) is 4.18. The van der Waals surface area contributed by atoms with Crippen LogP contribution >= 0.6 is 11.6 Å². The molecule has 132 valence electrons. The molecule has 1 aromatic heterocycles. The molecule has 26 heavy (non-hydrogen) atoms. The number of hydrogen-bond donors (Lipinski definition) is 2. The first-order valence-corrected chi connectivity index (χ1v) is 8.73. The molecule has 0 fully saturated rings. The van der Waals surface area contributed by atoms with Gasteiger partial charge in [-0.3, -0.25) is 4.79 Å². The minimum Gasteiger partial charge on any atom is -0.347 e. The third-order valence-electron chi connectivity index (χ3n) is 3.93. The molecule has 1 heterocycles. The fraction of sp³-hybridized carbons (Fsp3) is 0.150. The lowest BCUT2D eigenvalue weighted by Gasteiger charge is -2.11. The van der Waals surface area contributed by atoms with Crippen molar-refractivity contribution in [1.29, 1.82) is 0 Å². The molecule has 0 aliphatic rings. The van der Waals surface area contributed by atoms with Crippen LogP contribution in [0.2, 0.25) is 5.02 Å². The van der Waals surface area contributed by atoms with Crippen LogP contribution in [0.1, 0.15) is 28.5 Å². The summed E-state index contributed by atoms with van der Waals surface area (Å²) in [6, 6.07) is 17.0. The van der Waals surface area contributed by atoms with Crippen molar-refractivity contribution >= 4 is 29.0 Å². The zero-order valence-corrected chi connectivity index (χ0v) is 15.1. The Kier molecular flexibility index (Phi) is 5.81. The average molecular weight is 367 g/mol. The number of amides is 1. The first-order valence-electron chi connectivity index (χ1n) is 8.35. The highest BCUT2D eigenvalue weighted by Crippen LogP contribution is 2.20. The SMILES string of the molecule is CCc1ccccc1Nc1cc(C(=O)NCc2ccc(Cl)cc2)ncn1. The van der Waals surface area contributed by atoms with Crippen LogP contribution in [0.4, 0.5) is 11.5 Å². The van der Waals surface area contributed by atoms with E-state index in [2.05, 4.69) is 33.6 Å². The second kappa shape index (κ2) is 8.45. The largest absolute Gasteiger partial charge is 0.347 e. The lowest BCUT2D eigenvalue weighted by molar-refractivity contribution is 0.0946. The molecule has 0 bridgehead atoms. The van der Waals surface area contributed by atoms with E-state index < -0.39 is 0 Å². The maximum absolute atomic E-state index is 12.4. The second-order valence-corrected chi connectivity index (χ2v) is 6.17. The van der Waals surface area contributed by atoms with Gasteiger partial charge in [-0.1, -0.05) is 48.9 Å². The minimum absolute atomic E-state index is 0.255. The van der Waals surface area contributed by atoms with Gasteiger partial charge in [-0.05, 0) is 35.7 Å². The van der Waals surface area contributed by atoms with Crippen molar-refractivity contribution in [3.63, 3.8) is 0 Å². The highest BCUT2D eigenvalue weighted by molar-refractivity contribution is 6.30. The Bertz CT molecular complexity index is 896. The lowest BCUT2D eigenvalue weighted by atomic mass is 10.1. The van der Waals surface area contributed by atoms with Gasteiger partial charge in [0.15, 0.2) is 0 Å². The van der Waals surface area contributed by atoms with Crippen LogP contribution in [0.3, 0.4) is 0 Å². The number of carbonyl (C=O) groups excluding carboxylic acids is 1. The third kappa shape index (κ3) is 4.58. The van der Waals surface area contributed by atoms with E-state index in [1.807, 2.05) is 30.3 Å². The summed E-state index contributed by atoms with van der Waals surface area (Å²) in [6.45, 7) is 2.50. The monoisotopic (exact) mass is 366 g/mol. The van der Waals surface area contributed by atoms with Crippen molar-refractivity contribution in [1.82, 2.24) is 15.3 Å². The first-order chi connectivity index (χ1) is 12.7. The zero-order chi connectivity index (χ0) is 18.4. The fourth-order valence-corrected chi connectivity index (χ4v) is 2.64. The van der Waals surface area contributed by atoms with E-state index >= 15 is 0 Å². The van der Waals surface area contributed by atoms with E-state index in [1.165, 1.54) is 11.9 Å². The standard InChI is InChI=1S/C20H19ClN4O/c1-2-15-5-3-4-6-17(15)25-19-11-18(23-13-24-19)20(26)22-12-14-7-9-16(21)10-8-14/h3-11,13H,2,12H2,1H3,(H,22,26)(H,23,24,25). The Morgan fingerprint density at radius 1 is 1.08 bits per heavy atom.